The number of thioether (sulfide) groups is 1. The quantitative estimate of drug-likeness (QED) is 0.392. The van der Waals surface area contributed by atoms with Gasteiger partial charge in [0.15, 0.2) is 18.1 Å². The van der Waals surface area contributed by atoms with Crippen molar-refractivity contribution in [2.24, 2.45) is 0 Å². The van der Waals surface area contributed by atoms with Crippen LogP contribution in [-0.2, 0) is 15.3 Å². The number of anilines is 1. The van der Waals surface area contributed by atoms with Crippen LogP contribution in [0.25, 0.3) is 0 Å². The van der Waals surface area contributed by atoms with Gasteiger partial charge in [0.2, 0.25) is 6.79 Å². The predicted octanol–water partition coefficient (Wildman–Crippen LogP) is 5.16. The summed E-state index contributed by atoms with van der Waals surface area (Å²) < 4.78 is 15.6. The Morgan fingerprint density at radius 2 is 1.71 bits per heavy atom. The van der Waals surface area contributed by atoms with Crippen LogP contribution in [0.15, 0.2) is 71.6 Å². The Morgan fingerprint density at radius 3 is 2.48 bits per heavy atom. The molecule has 0 saturated carbocycles. The van der Waals surface area contributed by atoms with Gasteiger partial charge in [0, 0.05) is 27.4 Å². The first-order valence-electron chi connectivity index (χ1n) is 9.41. The van der Waals surface area contributed by atoms with E-state index in [1.807, 2.05) is 36.4 Å². The van der Waals surface area contributed by atoms with E-state index in [9.17, 15) is 9.59 Å². The summed E-state index contributed by atoms with van der Waals surface area (Å²) in [5, 5.41) is 3.37. The molecule has 6 nitrogen and oxygen atoms in total. The normalized spacial score (nSPS) is 11.8. The number of halogens is 1. The van der Waals surface area contributed by atoms with Gasteiger partial charge in [0.05, 0.1) is 5.56 Å². The lowest BCUT2D eigenvalue weighted by atomic mass is 10.1. The highest BCUT2D eigenvalue weighted by molar-refractivity contribution is 7.98. The van der Waals surface area contributed by atoms with Crippen LogP contribution < -0.4 is 14.8 Å². The molecule has 0 bridgehead atoms. The lowest BCUT2D eigenvalue weighted by molar-refractivity contribution is -0.119. The van der Waals surface area contributed by atoms with E-state index < -0.39 is 11.9 Å². The Balaban J connectivity index is 1.24. The highest BCUT2D eigenvalue weighted by Gasteiger charge is 2.15. The second kappa shape index (κ2) is 9.76. The largest absolute Gasteiger partial charge is 0.454 e. The summed E-state index contributed by atoms with van der Waals surface area (Å²) in [6.07, 6.45) is 0. The van der Waals surface area contributed by atoms with Gasteiger partial charge < -0.3 is 19.5 Å². The third-order valence-corrected chi connectivity index (χ3v) is 5.73. The number of carbonyl (C=O) groups excluding carboxylic acids is 2. The number of rotatable bonds is 7. The Hall–Kier alpha value is -3.16. The molecule has 0 atom stereocenters. The molecule has 8 heteroatoms. The van der Waals surface area contributed by atoms with E-state index in [0.29, 0.717) is 27.8 Å². The second-order valence-corrected chi connectivity index (χ2v) is 8.12. The number of fused-ring (bicyclic) bond motifs is 1. The number of hydrogen-bond donors (Lipinski definition) is 1. The second-order valence-electron chi connectivity index (χ2n) is 6.63. The monoisotopic (exact) mass is 455 g/mol. The lowest BCUT2D eigenvalue weighted by Crippen LogP contribution is -2.20. The van der Waals surface area contributed by atoms with Gasteiger partial charge >= 0.3 is 5.97 Å². The number of nitrogens with one attached hydrogen (secondary N) is 1. The number of benzene rings is 3. The summed E-state index contributed by atoms with van der Waals surface area (Å²) in [5.41, 5.74) is 1.99. The lowest BCUT2D eigenvalue weighted by Gasteiger charge is -2.08. The topological polar surface area (TPSA) is 73.9 Å². The van der Waals surface area contributed by atoms with E-state index in [2.05, 4.69) is 5.32 Å². The molecular formula is C23H18ClNO5S. The van der Waals surface area contributed by atoms with Gasteiger partial charge in [0.25, 0.3) is 5.91 Å². The molecule has 0 fully saturated rings. The summed E-state index contributed by atoms with van der Waals surface area (Å²) in [7, 11) is 0. The van der Waals surface area contributed by atoms with Crippen molar-refractivity contribution in [1.29, 1.82) is 0 Å². The molecule has 3 aromatic rings. The molecule has 0 unspecified atom stereocenters. The zero-order valence-electron chi connectivity index (χ0n) is 16.3. The highest BCUT2D eigenvalue weighted by Crippen LogP contribution is 2.34. The minimum absolute atomic E-state index is 0.156. The first-order chi connectivity index (χ1) is 15.1. The summed E-state index contributed by atoms with van der Waals surface area (Å²) >= 11 is 7.57. The molecule has 3 aromatic carbocycles. The van der Waals surface area contributed by atoms with Gasteiger partial charge in [-0.05, 0) is 54.1 Å². The third kappa shape index (κ3) is 5.71. The molecule has 0 radical (unpaired) electrons. The van der Waals surface area contributed by atoms with Crippen LogP contribution in [0.5, 0.6) is 11.5 Å². The number of ether oxygens (including phenoxy) is 3. The molecule has 1 amide bonds. The van der Waals surface area contributed by atoms with E-state index in [0.717, 1.165) is 16.2 Å². The van der Waals surface area contributed by atoms with Crippen LogP contribution >= 0.6 is 23.4 Å². The van der Waals surface area contributed by atoms with Crippen LogP contribution in [-0.4, -0.2) is 25.3 Å². The van der Waals surface area contributed by atoms with Gasteiger partial charge in [-0.15, -0.1) is 11.8 Å². The maximum absolute atomic E-state index is 12.2. The van der Waals surface area contributed by atoms with E-state index in [-0.39, 0.29) is 13.4 Å². The minimum atomic E-state index is -0.558. The van der Waals surface area contributed by atoms with Gasteiger partial charge in [-0.1, -0.05) is 23.7 Å². The Bertz CT molecular complexity index is 1090. The summed E-state index contributed by atoms with van der Waals surface area (Å²) in [4.78, 5) is 25.4. The maximum Gasteiger partial charge on any atom is 0.338 e. The molecule has 158 valence electrons. The summed E-state index contributed by atoms with van der Waals surface area (Å²) in [6, 6.07) is 19.8. The molecule has 1 aliphatic heterocycles. The van der Waals surface area contributed by atoms with Crippen molar-refractivity contribution in [2.75, 3.05) is 18.7 Å². The Morgan fingerprint density at radius 1 is 0.968 bits per heavy atom. The smallest absolute Gasteiger partial charge is 0.338 e. The zero-order chi connectivity index (χ0) is 21.6. The molecule has 0 aromatic heterocycles. The average Bonchev–Trinajstić information content (AvgIpc) is 3.25. The fourth-order valence-electron chi connectivity index (χ4n) is 2.82. The van der Waals surface area contributed by atoms with E-state index >= 15 is 0 Å². The molecule has 4 rings (SSSR count). The van der Waals surface area contributed by atoms with Crippen molar-refractivity contribution in [3.8, 4) is 11.5 Å². The molecule has 0 spiro atoms. The SMILES string of the molecule is O=C(COC(=O)c1ccc(CSc2ccc(Cl)cc2)cc1)Nc1ccc2c(c1)OCO2. The average molecular weight is 456 g/mol. The third-order valence-electron chi connectivity index (χ3n) is 4.40. The van der Waals surface area contributed by atoms with Crippen LogP contribution in [0.4, 0.5) is 5.69 Å². The van der Waals surface area contributed by atoms with Crippen molar-refractivity contribution in [3.63, 3.8) is 0 Å². The highest BCUT2D eigenvalue weighted by atomic mass is 35.5. The number of hydrogen-bond acceptors (Lipinski definition) is 6. The van der Waals surface area contributed by atoms with Crippen molar-refractivity contribution in [2.45, 2.75) is 10.6 Å². The van der Waals surface area contributed by atoms with Crippen LogP contribution in [0.3, 0.4) is 0 Å². The van der Waals surface area contributed by atoms with Crippen LogP contribution in [0.2, 0.25) is 5.02 Å². The van der Waals surface area contributed by atoms with E-state index in [1.165, 1.54) is 0 Å². The fraction of sp³-hybridized carbons (Fsp3) is 0.130. The molecule has 1 N–H and O–H groups in total. The maximum atomic E-state index is 12.2. The molecule has 1 heterocycles. The Kier molecular flexibility index (Phi) is 6.64. The zero-order valence-corrected chi connectivity index (χ0v) is 17.9. The summed E-state index contributed by atoms with van der Waals surface area (Å²) in [6.45, 7) is -0.232. The number of esters is 1. The number of amides is 1. The fourth-order valence-corrected chi connectivity index (χ4v) is 3.80. The van der Waals surface area contributed by atoms with Crippen LogP contribution in [0.1, 0.15) is 15.9 Å². The van der Waals surface area contributed by atoms with Crippen molar-refractivity contribution in [3.05, 3.63) is 82.9 Å². The van der Waals surface area contributed by atoms with Crippen LogP contribution in [0, 0.1) is 0 Å². The standard InChI is InChI=1S/C23H18ClNO5S/c24-17-5-8-19(9-6-17)31-13-15-1-3-16(4-2-15)23(27)28-12-22(26)25-18-7-10-20-21(11-18)30-14-29-20/h1-11H,12-14H2,(H,25,26). The van der Waals surface area contributed by atoms with Gasteiger partial charge in [-0.2, -0.15) is 0 Å². The first kappa shape index (κ1) is 21.1. The number of carbonyl (C=O) groups is 2. The predicted molar refractivity (Wildman–Crippen MR) is 119 cm³/mol. The van der Waals surface area contributed by atoms with Crippen molar-refractivity contribution >= 4 is 40.9 Å². The summed E-state index contributed by atoms with van der Waals surface area (Å²) in [5.74, 6) is 0.944. The molecule has 31 heavy (non-hydrogen) atoms. The van der Waals surface area contributed by atoms with Crippen molar-refractivity contribution < 1.29 is 23.8 Å². The van der Waals surface area contributed by atoms with Gasteiger partial charge in [-0.25, -0.2) is 4.79 Å². The van der Waals surface area contributed by atoms with Crippen molar-refractivity contribution in [1.82, 2.24) is 0 Å². The van der Waals surface area contributed by atoms with Gasteiger partial charge in [-0.3, -0.25) is 4.79 Å². The molecular weight excluding hydrogens is 438 g/mol. The Labute approximate surface area is 188 Å². The van der Waals surface area contributed by atoms with E-state index in [4.69, 9.17) is 25.8 Å². The minimum Gasteiger partial charge on any atom is -0.454 e. The molecule has 0 aliphatic carbocycles. The first-order valence-corrected chi connectivity index (χ1v) is 10.8. The molecule has 1 aliphatic rings. The van der Waals surface area contributed by atoms with Gasteiger partial charge in [0.1, 0.15) is 0 Å². The molecule has 0 saturated heterocycles. The van der Waals surface area contributed by atoms with E-state index in [1.54, 1.807) is 42.1 Å².